The van der Waals surface area contributed by atoms with Crippen LogP contribution in [0.4, 0.5) is 0 Å². The number of aromatic nitrogens is 2. The van der Waals surface area contributed by atoms with Gasteiger partial charge in [-0.05, 0) is 25.3 Å². The molecule has 1 heterocycles. The first-order valence-corrected chi connectivity index (χ1v) is 4.96. The van der Waals surface area contributed by atoms with Crippen LogP contribution < -0.4 is 11.0 Å². The van der Waals surface area contributed by atoms with Gasteiger partial charge in [0.2, 0.25) is 0 Å². The maximum Gasteiger partial charge on any atom is 0.347 e. The number of amides is 1. The minimum absolute atomic E-state index is 0.276. The predicted octanol–water partition coefficient (Wildman–Crippen LogP) is -0.227. The van der Waals surface area contributed by atoms with Crippen LogP contribution in [0.2, 0.25) is 0 Å². The first-order chi connectivity index (χ1) is 7.74. The lowest BCUT2D eigenvalue weighted by molar-refractivity contribution is -0.115. The summed E-state index contributed by atoms with van der Waals surface area (Å²) >= 11 is 0. The molecule has 1 rings (SSSR count). The first kappa shape index (κ1) is 12.0. The van der Waals surface area contributed by atoms with Gasteiger partial charge in [-0.15, -0.1) is 0 Å². The summed E-state index contributed by atoms with van der Waals surface area (Å²) in [6.07, 6.45) is 3.79. The van der Waals surface area contributed by atoms with Crippen LogP contribution in [0.3, 0.4) is 0 Å². The Bertz CT molecular complexity index is 468. The number of carbonyl (C=O) groups excluding carboxylic acids is 1. The van der Waals surface area contributed by atoms with Crippen molar-refractivity contribution in [1.82, 2.24) is 14.9 Å². The van der Waals surface area contributed by atoms with E-state index in [-0.39, 0.29) is 11.6 Å². The van der Waals surface area contributed by atoms with Gasteiger partial charge < -0.3 is 5.32 Å². The molecule has 0 saturated heterocycles. The van der Waals surface area contributed by atoms with Crippen LogP contribution >= 0.6 is 0 Å². The molecule has 84 valence electrons. The molecule has 0 aliphatic heterocycles. The van der Waals surface area contributed by atoms with Gasteiger partial charge in [-0.25, -0.2) is 9.78 Å². The number of nitrogens with zero attached hydrogens (tertiary/aromatic N) is 2. The highest BCUT2D eigenvalue weighted by Crippen LogP contribution is 1.84. The van der Waals surface area contributed by atoms with Crippen LogP contribution in [-0.2, 0) is 11.3 Å². The summed E-state index contributed by atoms with van der Waals surface area (Å²) in [4.78, 5) is 25.8. The Balaban J connectivity index is 2.31. The SMILES string of the molecule is CC#CC(=O)NCCCn1cccnc1=O. The van der Waals surface area contributed by atoms with Crippen LogP contribution in [-0.4, -0.2) is 22.0 Å². The molecule has 16 heavy (non-hydrogen) atoms. The number of hydrogen-bond donors (Lipinski definition) is 1. The molecule has 1 aromatic rings. The highest BCUT2D eigenvalue weighted by Gasteiger charge is 1.96. The maximum absolute atomic E-state index is 11.2. The molecule has 0 saturated carbocycles. The number of hydrogen-bond acceptors (Lipinski definition) is 3. The van der Waals surface area contributed by atoms with E-state index >= 15 is 0 Å². The third-order valence-corrected chi connectivity index (χ3v) is 1.88. The molecule has 0 bridgehead atoms. The Morgan fingerprint density at radius 2 is 2.44 bits per heavy atom. The smallest absolute Gasteiger partial charge is 0.345 e. The number of carbonyl (C=O) groups is 1. The number of rotatable bonds is 4. The lowest BCUT2D eigenvalue weighted by Crippen LogP contribution is -2.26. The minimum Gasteiger partial charge on any atom is -0.345 e. The zero-order valence-corrected chi connectivity index (χ0v) is 9.06. The second-order valence-corrected chi connectivity index (χ2v) is 3.08. The van der Waals surface area contributed by atoms with Gasteiger partial charge in [0.1, 0.15) is 0 Å². The number of nitrogens with one attached hydrogen (secondary N) is 1. The predicted molar refractivity (Wildman–Crippen MR) is 59.6 cm³/mol. The Morgan fingerprint density at radius 1 is 1.62 bits per heavy atom. The van der Waals surface area contributed by atoms with Crippen LogP contribution in [0.15, 0.2) is 23.3 Å². The van der Waals surface area contributed by atoms with Gasteiger partial charge in [0.15, 0.2) is 0 Å². The van der Waals surface area contributed by atoms with Crippen LogP contribution in [0, 0.1) is 11.8 Å². The topological polar surface area (TPSA) is 64.0 Å². The van der Waals surface area contributed by atoms with Gasteiger partial charge in [-0.3, -0.25) is 9.36 Å². The van der Waals surface area contributed by atoms with E-state index in [1.807, 2.05) is 0 Å². The molecule has 1 amide bonds. The molecule has 0 aliphatic rings. The Hall–Kier alpha value is -2.09. The van der Waals surface area contributed by atoms with E-state index in [4.69, 9.17) is 0 Å². The summed E-state index contributed by atoms with van der Waals surface area (Å²) in [5, 5.41) is 2.62. The highest BCUT2D eigenvalue weighted by molar-refractivity contribution is 5.93. The van der Waals surface area contributed by atoms with Crippen molar-refractivity contribution in [3.8, 4) is 11.8 Å². The van der Waals surface area contributed by atoms with E-state index in [0.29, 0.717) is 19.5 Å². The van der Waals surface area contributed by atoms with Crippen molar-refractivity contribution in [2.75, 3.05) is 6.54 Å². The van der Waals surface area contributed by atoms with Crippen molar-refractivity contribution in [3.05, 3.63) is 28.9 Å². The summed E-state index contributed by atoms with van der Waals surface area (Å²) in [7, 11) is 0. The van der Waals surface area contributed by atoms with E-state index in [1.165, 1.54) is 10.8 Å². The average molecular weight is 219 g/mol. The monoisotopic (exact) mass is 219 g/mol. The Kier molecular flexibility index (Phi) is 4.80. The number of aryl methyl sites for hydroxylation is 1. The average Bonchev–Trinajstić information content (AvgIpc) is 2.27. The van der Waals surface area contributed by atoms with E-state index in [9.17, 15) is 9.59 Å². The molecule has 5 heteroatoms. The molecule has 0 unspecified atom stereocenters. The second-order valence-electron chi connectivity index (χ2n) is 3.08. The van der Waals surface area contributed by atoms with Crippen molar-refractivity contribution >= 4 is 5.91 Å². The van der Waals surface area contributed by atoms with Gasteiger partial charge in [0.25, 0.3) is 5.91 Å². The van der Waals surface area contributed by atoms with E-state index in [1.54, 1.807) is 19.2 Å². The molecule has 0 aromatic carbocycles. The van der Waals surface area contributed by atoms with E-state index < -0.39 is 0 Å². The maximum atomic E-state index is 11.2. The lowest BCUT2D eigenvalue weighted by Gasteiger charge is -2.03. The summed E-state index contributed by atoms with van der Waals surface area (Å²) in [6, 6.07) is 1.70. The molecule has 0 spiro atoms. The molecule has 5 nitrogen and oxygen atoms in total. The zero-order valence-electron chi connectivity index (χ0n) is 9.06. The highest BCUT2D eigenvalue weighted by atomic mass is 16.1. The zero-order chi connectivity index (χ0) is 11.8. The van der Waals surface area contributed by atoms with Gasteiger partial charge >= 0.3 is 5.69 Å². The first-order valence-electron chi connectivity index (χ1n) is 4.96. The van der Waals surface area contributed by atoms with Gasteiger partial charge in [-0.2, -0.15) is 0 Å². The van der Waals surface area contributed by atoms with E-state index in [0.717, 1.165) is 0 Å². The standard InChI is InChI=1S/C11H13N3O2/c1-2-5-10(15)12-6-3-8-14-9-4-7-13-11(14)16/h4,7,9H,3,6,8H2,1H3,(H,12,15). The Labute approximate surface area is 93.5 Å². The molecule has 0 radical (unpaired) electrons. The van der Waals surface area contributed by atoms with Gasteiger partial charge in [0.05, 0.1) is 0 Å². The van der Waals surface area contributed by atoms with Crippen molar-refractivity contribution in [3.63, 3.8) is 0 Å². The third kappa shape index (κ3) is 3.96. The molecular weight excluding hydrogens is 206 g/mol. The van der Waals surface area contributed by atoms with E-state index in [2.05, 4.69) is 22.1 Å². The third-order valence-electron chi connectivity index (χ3n) is 1.88. The normalized spacial score (nSPS) is 9.06. The fourth-order valence-corrected chi connectivity index (χ4v) is 1.17. The second kappa shape index (κ2) is 6.40. The summed E-state index contributed by atoms with van der Waals surface area (Å²) in [5.41, 5.74) is -0.276. The quantitative estimate of drug-likeness (QED) is 0.562. The van der Waals surface area contributed by atoms with Gasteiger partial charge in [0, 0.05) is 25.5 Å². The van der Waals surface area contributed by atoms with Crippen LogP contribution in [0.5, 0.6) is 0 Å². The molecule has 0 aliphatic carbocycles. The molecule has 0 fully saturated rings. The molecular formula is C11H13N3O2. The van der Waals surface area contributed by atoms with Gasteiger partial charge in [-0.1, -0.05) is 5.92 Å². The lowest BCUT2D eigenvalue weighted by atomic mass is 10.4. The largest absolute Gasteiger partial charge is 0.347 e. The summed E-state index contributed by atoms with van der Waals surface area (Å²) < 4.78 is 1.50. The van der Waals surface area contributed by atoms with Crippen molar-refractivity contribution < 1.29 is 4.79 Å². The fraction of sp³-hybridized carbons (Fsp3) is 0.364. The molecule has 1 aromatic heterocycles. The fourth-order valence-electron chi connectivity index (χ4n) is 1.17. The molecule has 1 N–H and O–H groups in total. The van der Waals surface area contributed by atoms with Crippen molar-refractivity contribution in [1.29, 1.82) is 0 Å². The minimum atomic E-state index is -0.291. The summed E-state index contributed by atoms with van der Waals surface area (Å²) in [5.74, 6) is 4.59. The Morgan fingerprint density at radius 3 is 3.12 bits per heavy atom. The summed E-state index contributed by atoms with van der Waals surface area (Å²) in [6.45, 7) is 2.64. The van der Waals surface area contributed by atoms with Crippen molar-refractivity contribution in [2.45, 2.75) is 19.9 Å². The van der Waals surface area contributed by atoms with Crippen LogP contribution in [0.1, 0.15) is 13.3 Å². The van der Waals surface area contributed by atoms with Crippen molar-refractivity contribution in [2.24, 2.45) is 0 Å². The van der Waals surface area contributed by atoms with Crippen LogP contribution in [0.25, 0.3) is 0 Å². The molecule has 0 atom stereocenters.